The van der Waals surface area contributed by atoms with E-state index in [0.29, 0.717) is 6.42 Å². The van der Waals surface area contributed by atoms with Gasteiger partial charge in [-0.2, -0.15) is 0 Å². The number of aromatic carboxylic acids is 1. The molecule has 0 unspecified atom stereocenters. The van der Waals surface area contributed by atoms with Crippen LogP contribution in [0.15, 0.2) is 18.5 Å². The van der Waals surface area contributed by atoms with Gasteiger partial charge in [0.1, 0.15) is 0 Å². The SMILES string of the molecule is CCCCCCCCCCCCCCCC(=O)c1ccncc1C(=O)O. The number of carbonyl (C=O) groups excluding carboxylic acids is 1. The highest BCUT2D eigenvalue weighted by Crippen LogP contribution is 2.15. The van der Waals surface area contributed by atoms with Crippen molar-refractivity contribution in [3.05, 3.63) is 29.6 Å². The molecule has 1 aromatic heterocycles. The van der Waals surface area contributed by atoms with Crippen molar-refractivity contribution in [2.45, 2.75) is 96.8 Å². The van der Waals surface area contributed by atoms with Gasteiger partial charge in [-0.3, -0.25) is 9.78 Å². The van der Waals surface area contributed by atoms with Gasteiger partial charge in [0.15, 0.2) is 5.78 Å². The molecule has 1 heterocycles. The number of nitrogens with zero attached hydrogens (tertiary/aromatic N) is 1. The Bertz CT molecular complexity index is 528. The molecule has 0 amide bonds. The minimum absolute atomic E-state index is 0.00666. The molecule has 0 aliphatic carbocycles. The molecule has 0 bridgehead atoms. The molecule has 1 N–H and O–H groups in total. The molecular weight excluding hydrogens is 326 g/mol. The van der Waals surface area contributed by atoms with Crippen LogP contribution in [0.2, 0.25) is 0 Å². The molecule has 0 aliphatic rings. The first-order chi connectivity index (χ1) is 12.7. The van der Waals surface area contributed by atoms with Gasteiger partial charge in [0.25, 0.3) is 0 Å². The van der Waals surface area contributed by atoms with Gasteiger partial charge >= 0.3 is 5.97 Å². The maximum atomic E-state index is 12.2. The molecule has 4 nitrogen and oxygen atoms in total. The molecule has 0 radical (unpaired) electrons. The summed E-state index contributed by atoms with van der Waals surface area (Å²) in [6.07, 6.45) is 19.6. The number of hydrogen-bond donors (Lipinski definition) is 1. The number of aromatic nitrogens is 1. The molecule has 4 heteroatoms. The standard InChI is InChI=1S/C22H35NO3/c1-2-3-4-5-6-7-8-9-10-11-12-13-14-15-21(24)19-16-17-23-18-20(19)22(25)26/h16-18H,2-15H2,1H3,(H,25,26). The summed E-state index contributed by atoms with van der Waals surface area (Å²) < 4.78 is 0. The zero-order chi connectivity index (χ0) is 19.0. The van der Waals surface area contributed by atoms with Crippen LogP contribution >= 0.6 is 0 Å². The Morgan fingerprint density at radius 3 is 1.81 bits per heavy atom. The summed E-state index contributed by atoms with van der Waals surface area (Å²) in [7, 11) is 0. The maximum absolute atomic E-state index is 12.2. The summed E-state index contributed by atoms with van der Waals surface area (Å²) in [5.41, 5.74) is 0.290. The summed E-state index contributed by atoms with van der Waals surface area (Å²) in [4.78, 5) is 27.1. The normalized spacial score (nSPS) is 10.8. The van der Waals surface area contributed by atoms with Gasteiger partial charge in [0.05, 0.1) is 5.56 Å². The Morgan fingerprint density at radius 2 is 1.31 bits per heavy atom. The number of carboxylic acids is 1. The lowest BCUT2D eigenvalue weighted by Crippen LogP contribution is -2.09. The van der Waals surface area contributed by atoms with E-state index < -0.39 is 5.97 Å². The lowest BCUT2D eigenvalue weighted by Gasteiger charge is -2.05. The molecule has 1 rings (SSSR count). The van der Waals surface area contributed by atoms with E-state index in [4.69, 9.17) is 5.11 Å². The first kappa shape index (κ1) is 22.3. The third-order valence-electron chi connectivity index (χ3n) is 4.86. The predicted octanol–water partition coefficient (Wildman–Crippen LogP) is 6.44. The second-order valence-corrected chi connectivity index (χ2v) is 7.14. The van der Waals surface area contributed by atoms with Crippen molar-refractivity contribution in [3.63, 3.8) is 0 Å². The van der Waals surface area contributed by atoms with E-state index in [9.17, 15) is 9.59 Å². The number of hydrogen-bond acceptors (Lipinski definition) is 3. The minimum Gasteiger partial charge on any atom is -0.478 e. The molecule has 0 spiro atoms. The predicted molar refractivity (Wildman–Crippen MR) is 106 cm³/mol. The first-order valence-electron chi connectivity index (χ1n) is 10.4. The van der Waals surface area contributed by atoms with Crippen LogP contribution in [0.4, 0.5) is 0 Å². The average molecular weight is 362 g/mol. The van der Waals surface area contributed by atoms with E-state index in [2.05, 4.69) is 11.9 Å². The van der Waals surface area contributed by atoms with Crippen molar-refractivity contribution < 1.29 is 14.7 Å². The van der Waals surface area contributed by atoms with E-state index in [-0.39, 0.29) is 16.9 Å². The fraction of sp³-hybridized carbons (Fsp3) is 0.682. The maximum Gasteiger partial charge on any atom is 0.338 e. The highest BCUT2D eigenvalue weighted by Gasteiger charge is 2.15. The zero-order valence-electron chi connectivity index (χ0n) is 16.3. The van der Waals surface area contributed by atoms with Gasteiger partial charge < -0.3 is 5.11 Å². The summed E-state index contributed by atoms with van der Waals surface area (Å²) in [5, 5.41) is 9.11. The molecule has 0 aromatic carbocycles. The largest absolute Gasteiger partial charge is 0.478 e. The number of pyridine rings is 1. The van der Waals surface area contributed by atoms with Gasteiger partial charge in [-0.1, -0.05) is 84.0 Å². The van der Waals surface area contributed by atoms with Crippen LogP contribution in [-0.4, -0.2) is 21.8 Å². The van der Waals surface area contributed by atoms with Crippen LogP contribution in [0.5, 0.6) is 0 Å². The third-order valence-corrected chi connectivity index (χ3v) is 4.86. The van der Waals surface area contributed by atoms with Crippen molar-refractivity contribution in [2.24, 2.45) is 0 Å². The molecule has 146 valence electrons. The van der Waals surface area contributed by atoms with Gasteiger partial charge in [-0.15, -0.1) is 0 Å². The molecule has 26 heavy (non-hydrogen) atoms. The molecule has 0 saturated carbocycles. The Morgan fingerprint density at radius 1 is 0.808 bits per heavy atom. The molecule has 1 aromatic rings. The Labute approximate surface area is 158 Å². The van der Waals surface area contributed by atoms with Crippen LogP contribution in [0, 0.1) is 0 Å². The van der Waals surface area contributed by atoms with Crippen molar-refractivity contribution in [1.29, 1.82) is 0 Å². The van der Waals surface area contributed by atoms with Crippen LogP contribution in [0.25, 0.3) is 0 Å². The Kier molecular flexibility index (Phi) is 12.4. The minimum atomic E-state index is -1.09. The van der Waals surface area contributed by atoms with Gasteiger partial charge in [0, 0.05) is 24.4 Å². The zero-order valence-corrected chi connectivity index (χ0v) is 16.3. The second kappa shape index (κ2) is 14.5. The number of ketones is 1. The van der Waals surface area contributed by atoms with Crippen molar-refractivity contribution >= 4 is 11.8 Å². The first-order valence-corrected chi connectivity index (χ1v) is 10.4. The van der Waals surface area contributed by atoms with Crippen molar-refractivity contribution in [1.82, 2.24) is 4.98 Å². The third kappa shape index (κ3) is 9.69. The van der Waals surface area contributed by atoms with E-state index in [1.807, 2.05) is 0 Å². The molecule has 0 fully saturated rings. The number of unbranched alkanes of at least 4 members (excludes halogenated alkanes) is 12. The van der Waals surface area contributed by atoms with E-state index >= 15 is 0 Å². The lowest BCUT2D eigenvalue weighted by molar-refractivity contribution is 0.0691. The van der Waals surface area contributed by atoms with E-state index in [1.165, 1.54) is 82.7 Å². The van der Waals surface area contributed by atoms with Gasteiger partial charge in [-0.05, 0) is 12.5 Å². The van der Waals surface area contributed by atoms with Gasteiger partial charge in [-0.25, -0.2) is 4.79 Å². The smallest absolute Gasteiger partial charge is 0.338 e. The van der Waals surface area contributed by atoms with E-state index in [1.54, 1.807) is 0 Å². The fourth-order valence-corrected chi connectivity index (χ4v) is 3.25. The average Bonchev–Trinajstić information content (AvgIpc) is 2.65. The van der Waals surface area contributed by atoms with Crippen LogP contribution in [-0.2, 0) is 0 Å². The number of carbonyl (C=O) groups is 2. The number of carboxylic acid groups (broad SMARTS) is 1. The highest BCUT2D eigenvalue weighted by atomic mass is 16.4. The monoisotopic (exact) mass is 361 g/mol. The summed E-state index contributed by atoms with van der Waals surface area (Å²) >= 11 is 0. The summed E-state index contributed by atoms with van der Waals surface area (Å²) in [5.74, 6) is -1.18. The summed E-state index contributed by atoms with van der Waals surface area (Å²) in [6.45, 7) is 2.25. The molecule has 0 saturated heterocycles. The van der Waals surface area contributed by atoms with E-state index in [0.717, 1.165) is 19.3 Å². The lowest BCUT2D eigenvalue weighted by atomic mass is 10.0. The fourth-order valence-electron chi connectivity index (χ4n) is 3.25. The Hall–Kier alpha value is -1.71. The molecule has 0 aliphatic heterocycles. The summed E-state index contributed by atoms with van der Waals surface area (Å²) in [6, 6.07) is 1.51. The van der Waals surface area contributed by atoms with Crippen LogP contribution in [0.1, 0.15) is 118 Å². The van der Waals surface area contributed by atoms with Crippen LogP contribution in [0.3, 0.4) is 0 Å². The highest BCUT2D eigenvalue weighted by molar-refractivity contribution is 6.05. The number of rotatable bonds is 16. The quantitative estimate of drug-likeness (QED) is 0.271. The molecular formula is C22H35NO3. The van der Waals surface area contributed by atoms with Crippen molar-refractivity contribution in [2.75, 3.05) is 0 Å². The number of Topliss-reactive ketones (excluding diaryl/α,β-unsaturated/α-hetero) is 1. The van der Waals surface area contributed by atoms with Crippen molar-refractivity contribution in [3.8, 4) is 0 Å². The Balaban J connectivity index is 2.01. The van der Waals surface area contributed by atoms with Gasteiger partial charge in [0.2, 0.25) is 0 Å². The van der Waals surface area contributed by atoms with Crippen LogP contribution < -0.4 is 0 Å². The molecule has 0 atom stereocenters. The second-order valence-electron chi connectivity index (χ2n) is 7.14. The topological polar surface area (TPSA) is 67.3 Å².